The van der Waals surface area contributed by atoms with Crippen LogP contribution in [0.5, 0.6) is 5.75 Å². The number of nitrogens with zero attached hydrogens (tertiary/aromatic N) is 2. The van der Waals surface area contributed by atoms with Gasteiger partial charge < -0.3 is 14.5 Å². The normalized spacial score (nSPS) is 19.8. The lowest BCUT2D eigenvalue weighted by Gasteiger charge is -2.24. The van der Waals surface area contributed by atoms with E-state index >= 15 is 0 Å². The van der Waals surface area contributed by atoms with Gasteiger partial charge in [-0.2, -0.15) is 0 Å². The highest BCUT2D eigenvalue weighted by molar-refractivity contribution is 6.03. The number of benzene rings is 1. The van der Waals surface area contributed by atoms with Crippen molar-refractivity contribution in [3.8, 4) is 5.75 Å². The summed E-state index contributed by atoms with van der Waals surface area (Å²) in [5.74, 6) is 0.900. The summed E-state index contributed by atoms with van der Waals surface area (Å²) in [5, 5.41) is 4.33. The maximum absolute atomic E-state index is 5.80. The average molecular weight is 276 g/mol. The first kappa shape index (κ1) is 14.9. The molecule has 0 saturated carbocycles. The number of hydrogen-bond donors (Lipinski definition) is 0. The van der Waals surface area contributed by atoms with Gasteiger partial charge in [-0.05, 0) is 32.1 Å². The van der Waals surface area contributed by atoms with Crippen molar-refractivity contribution in [3.63, 3.8) is 0 Å². The molecule has 2 rings (SSSR count). The molecule has 0 spiro atoms. The van der Waals surface area contributed by atoms with Crippen LogP contribution in [0.15, 0.2) is 29.4 Å². The molecule has 0 saturated heterocycles. The molecule has 0 aliphatic carbocycles. The molecule has 1 aliphatic rings. The van der Waals surface area contributed by atoms with E-state index in [-0.39, 0.29) is 6.10 Å². The molecule has 1 aromatic rings. The SMILES string of the molecule is CCN(CC)CCO/N=C1\CC(C)Oc2ccccc21. The summed E-state index contributed by atoms with van der Waals surface area (Å²) in [4.78, 5) is 7.82. The van der Waals surface area contributed by atoms with Crippen molar-refractivity contribution in [1.82, 2.24) is 4.90 Å². The van der Waals surface area contributed by atoms with Crippen LogP contribution in [-0.2, 0) is 4.84 Å². The maximum atomic E-state index is 5.80. The molecule has 4 nitrogen and oxygen atoms in total. The van der Waals surface area contributed by atoms with E-state index in [9.17, 15) is 0 Å². The lowest BCUT2D eigenvalue weighted by Crippen LogP contribution is -2.27. The van der Waals surface area contributed by atoms with Gasteiger partial charge in [-0.1, -0.05) is 31.1 Å². The number of fused-ring (bicyclic) bond motifs is 1. The summed E-state index contributed by atoms with van der Waals surface area (Å²) in [7, 11) is 0. The van der Waals surface area contributed by atoms with E-state index in [1.165, 1.54) is 0 Å². The van der Waals surface area contributed by atoms with Crippen molar-refractivity contribution in [2.75, 3.05) is 26.2 Å². The Morgan fingerprint density at radius 2 is 2.05 bits per heavy atom. The zero-order valence-electron chi connectivity index (χ0n) is 12.6. The number of rotatable bonds is 6. The van der Waals surface area contributed by atoms with Crippen LogP contribution in [0.25, 0.3) is 0 Å². The first-order valence-corrected chi connectivity index (χ1v) is 7.41. The van der Waals surface area contributed by atoms with Crippen LogP contribution in [-0.4, -0.2) is 43.0 Å². The summed E-state index contributed by atoms with van der Waals surface area (Å²) in [6, 6.07) is 8.00. The van der Waals surface area contributed by atoms with E-state index in [1.54, 1.807) is 0 Å². The van der Waals surface area contributed by atoms with Gasteiger partial charge in [0.2, 0.25) is 0 Å². The number of likely N-dealkylation sites (N-methyl/N-ethyl adjacent to an activating group) is 1. The zero-order valence-corrected chi connectivity index (χ0v) is 12.6. The monoisotopic (exact) mass is 276 g/mol. The fourth-order valence-corrected chi connectivity index (χ4v) is 2.37. The van der Waals surface area contributed by atoms with Gasteiger partial charge in [-0.15, -0.1) is 0 Å². The predicted molar refractivity (Wildman–Crippen MR) is 81.4 cm³/mol. The molecule has 0 radical (unpaired) electrons. The Balaban J connectivity index is 1.96. The Bertz CT molecular complexity index is 456. The molecule has 0 amide bonds. The van der Waals surface area contributed by atoms with E-state index in [1.807, 2.05) is 24.3 Å². The van der Waals surface area contributed by atoms with E-state index in [0.29, 0.717) is 6.61 Å². The van der Waals surface area contributed by atoms with Crippen LogP contribution in [0.1, 0.15) is 32.8 Å². The maximum Gasteiger partial charge on any atom is 0.129 e. The van der Waals surface area contributed by atoms with E-state index in [2.05, 4.69) is 30.8 Å². The van der Waals surface area contributed by atoms with Crippen molar-refractivity contribution < 1.29 is 9.57 Å². The van der Waals surface area contributed by atoms with Crippen LogP contribution in [0.4, 0.5) is 0 Å². The van der Waals surface area contributed by atoms with Crippen molar-refractivity contribution in [1.29, 1.82) is 0 Å². The van der Waals surface area contributed by atoms with Crippen LogP contribution in [0.2, 0.25) is 0 Å². The topological polar surface area (TPSA) is 34.1 Å². The van der Waals surface area contributed by atoms with Gasteiger partial charge in [0, 0.05) is 18.5 Å². The Hall–Kier alpha value is -1.55. The largest absolute Gasteiger partial charge is 0.490 e. The summed E-state index contributed by atoms with van der Waals surface area (Å²) < 4.78 is 5.80. The first-order chi connectivity index (χ1) is 9.74. The molecule has 1 aliphatic heterocycles. The van der Waals surface area contributed by atoms with Gasteiger partial charge in [-0.3, -0.25) is 0 Å². The van der Waals surface area contributed by atoms with Gasteiger partial charge in [0.1, 0.15) is 18.5 Å². The van der Waals surface area contributed by atoms with Crippen molar-refractivity contribution >= 4 is 5.71 Å². The second kappa shape index (κ2) is 7.29. The third kappa shape index (κ3) is 3.73. The van der Waals surface area contributed by atoms with Crippen molar-refractivity contribution in [2.45, 2.75) is 33.3 Å². The van der Waals surface area contributed by atoms with Crippen LogP contribution >= 0.6 is 0 Å². The minimum absolute atomic E-state index is 0.148. The standard InChI is InChI=1S/C16H24N2O2/c1-4-18(5-2)10-11-19-17-15-12-13(3)20-16-9-7-6-8-14(15)16/h6-9,13H,4-5,10-12H2,1-3H3/b17-15+. The fraction of sp³-hybridized carbons (Fsp3) is 0.562. The van der Waals surface area contributed by atoms with Crippen LogP contribution in [0, 0.1) is 0 Å². The molecule has 110 valence electrons. The summed E-state index contributed by atoms with van der Waals surface area (Å²) in [6.07, 6.45) is 0.942. The number of ether oxygens (including phenoxy) is 1. The van der Waals surface area contributed by atoms with Gasteiger partial charge in [0.15, 0.2) is 0 Å². The minimum Gasteiger partial charge on any atom is -0.490 e. The second-order valence-electron chi connectivity index (χ2n) is 5.03. The van der Waals surface area contributed by atoms with Gasteiger partial charge in [0.05, 0.1) is 5.71 Å². The second-order valence-corrected chi connectivity index (χ2v) is 5.03. The van der Waals surface area contributed by atoms with E-state index in [0.717, 1.165) is 43.1 Å². The minimum atomic E-state index is 0.148. The summed E-state index contributed by atoms with van der Waals surface area (Å²) >= 11 is 0. The molecule has 20 heavy (non-hydrogen) atoms. The highest BCUT2D eigenvalue weighted by Gasteiger charge is 2.21. The number of oxime groups is 1. The molecule has 0 N–H and O–H groups in total. The summed E-state index contributed by atoms with van der Waals surface area (Å²) in [6.45, 7) is 10.0. The third-order valence-corrected chi connectivity index (χ3v) is 3.57. The Labute approximate surface area is 121 Å². The molecule has 0 aromatic heterocycles. The molecule has 1 atom stereocenters. The molecule has 1 heterocycles. The van der Waals surface area contributed by atoms with Gasteiger partial charge >= 0.3 is 0 Å². The molecule has 0 bridgehead atoms. The number of para-hydroxylation sites is 1. The molecular formula is C16H24N2O2. The van der Waals surface area contributed by atoms with E-state index in [4.69, 9.17) is 9.57 Å². The van der Waals surface area contributed by atoms with Crippen molar-refractivity contribution in [3.05, 3.63) is 29.8 Å². The van der Waals surface area contributed by atoms with E-state index < -0.39 is 0 Å². The first-order valence-electron chi connectivity index (χ1n) is 7.41. The molecule has 4 heteroatoms. The third-order valence-electron chi connectivity index (χ3n) is 3.57. The predicted octanol–water partition coefficient (Wildman–Crippen LogP) is 2.92. The Morgan fingerprint density at radius 3 is 2.80 bits per heavy atom. The molecule has 1 aromatic carbocycles. The lowest BCUT2D eigenvalue weighted by atomic mass is 10.0. The van der Waals surface area contributed by atoms with Crippen LogP contribution < -0.4 is 4.74 Å². The quantitative estimate of drug-likeness (QED) is 0.592. The highest BCUT2D eigenvalue weighted by Crippen LogP contribution is 2.27. The van der Waals surface area contributed by atoms with Crippen LogP contribution in [0.3, 0.4) is 0 Å². The molecular weight excluding hydrogens is 252 g/mol. The zero-order chi connectivity index (χ0) is 14.4. The average Bonchev–Trinajstić information content (AvgIpc) is 2.47. The number of hydrogen-bond acceptors (Lipinski definition) is 4. The highest BCUT2D eigenvalue weighted by atomic mass is 16.6. The van der Waals surface area contributed by atoms with Gasteiger partial charge in [0.25, 0.3) is 0 Å². The fourth-order valence-electron chi connectivity index (χ4n) is 2.37. The smallest absolute Gasteiger partial charge is 0.129 e. The van der Waals surface area contributed by atoms with Gasteiger partial charge in [-0.25, -0.2) is 0 Å². The van der Waals surface area contributed by atoms with Crippen molar-refractivity contribution in [2.24, 2.45) is 5.16 Å². The molecule has 0 fully saturated rings. The molecule has 1 unspecified atom stereocenters. The Morgan fingerprint density at radius 1 is 1.30 bits per heavy atom. The summed E-state index contributed by atoms with van der Waals surface area (Å²) in [5.41, 5.74) is 2.03. The lowest BCUT2D eigenvalue weighted by molar-refractivity contribution is 0.112. The Kier molecular flexibility index (Phi) is 5.41.